The Kier molecular flexibility index (Phi) is 7.41. The van der Waals surface area contributed by atoms with E-state index >= 15 is 0 Å². The van der Waals surface area contributed by atoms with Crippen LogP contribution >= 0.6 is 23.5 Å². The van der Waals surface area contributed by atoms with Crippen LogP contribution in [0, 0.1) is 6.92 Å². The Morgan fingerprint density at radius 1 is 1.00 bits per heavy atom. The highest BCUT2D eigenvalue weighted by Gasteiger charge is 2.19. The molecular formula is C23H29NO3S2. The molecule has 0 aliphatic rings. The highest BCUT2D eigenvalue weighted by atomic mass is 32.2. The van der Waals surface area contributed by atoms with Gasteiger partial charge in [0.15, 0.2) is 23.7 Å². The lowest BCUT2D eigenvalue weighted by Crippen LogP contribution is -2.02. The van der Waals surface area contributed by atoms with Gasteiger partial charge in [-0.3, -0.25) is 0 Å². The SMILES string of the molecule is COc1cc(C(SC(C)C)SC(C)C)ccc1OCc1nc2c(C)cccc2o1. The van der Waals surface area contributed by atoms with Crippen molar-refractivity contribution in [3.05, 3.63) is 53.4 Å². The predicted octanol–water partition coefficient (Wildman–Crippen LogP) is 7.01. The van der Waals surface area contributed by atoms with Crippen molar-refractivity contribution in [1.82, 2.24) is 4.98 Å². The molecule has 29 heavy (non-hydrogen) atoms. The lowest BCUT2D eigenvalue weighted by molar-refractivity contribution is 0.253. The number of hydrogen-bond donors (Lipinski definition) is 0. The van der Waals surface area contributed by atoms with Crippen LogP contribution in [-0.4, -0.2) is 22.6 Å². The van der Waals surface area contributed by atoms with E-state index in [1.807, 2.05) is 54.7 Å². The number of aromatic nitrogens is 1. The van der Waals surface area contributed by atoms with Gasteiger partial charge in [-0.2, -0.15) is 0 Å². The van der Waals surface area contributed by atoms with Gasteiger partial charge in [-0.25, -0.2) is 4.98 Å². The summed E-state index contributed by atoms with van der Waals surface area (Å²) in [4.78, 5) is 4.55. The normalized spacial score (nSPS) is 11.8. The number of oxazole rings is 1. The fraction of sp³-hybridized carbons (Fsp3) is 0.435. The van der Waals surface area contributed by atoms with Gasteiger partial charge in [0.1, 0.15) is 5.52 Å². The molecule has 1 heterocycles. The van der Waals surface area contributed by atoms with Crippen molar-refractivity contribution < 1.29 is 13.9 Å². The Bertz CT molecular complexity index is 942. The molecule has 2 aromatic carbocycles. The summed E-state index contributed by atoms with van der Waals surface area (Å²) in [6, 6.07) is 12.1. The summed E-state index contributed by atoms with van der Waals surface area (Å²) in [5.74, 6) is 1.98. The van der Waals surface area contributed by atoms with Gasteiger partial charge in [0, 0.05) is 10.5 Å². The summed E-state index contributed by atoms with van der Waals surface area (Å²) in [6.45, 7) is 11.2. The van der Waals surface area contributed by atoms with E-state index in [-0.39, 0.29) is 6.61 Å². The van der Waals surface area contributed by atoms with Gasteiger partial charge in [0.25, 0.3) is 0 Å². The minimum absolute atomic E-state index is 0.259. The fourth-order valence-electron chi connectivity index (χ4n) is 2.97. The van der Waals surface area contributed by atoms with Crippen molar-refractivity contribution >= 4 is 34.6 Å². The molecule has 6 heteroatoms. The molecule has 0 saturated carbocycles. The maximum atomic E-state index is 5.99. The van der Waals surface area contributed by atoms with E-state index in [1.54, 1.807) is 7.11 Å². The smallest absolute Gasteiger partial charge is 0.233 e. The third kappa shape index (κ3) is 5.64. The quantitative estimate of drug-likeness (QED) is 0.340. The number of fused-ring (bicyclic) bond motifs is 1. The van der Waals surface area contributed by atoms with E-state index in [1.165, 1.54) is 5.56 Å². The van der Waals surface area contributed by atoms with Crippen LogP contribution in [-0.2, 0) is 6.61 Å². The summed E-state index contributed by atoms with van der Waals surface area (Å²) in [5, 5.41) is 1.10. The van der Waals surface area contributed by atoms with Crippen LogP contribution in [0.25, 0.3) is 11.1 Å². The molecule has 0 spiro atoms. The van der Waals surface area contributed by atoms with Crippen molar-refractivity contribution in [2.24, 2.45) is 0 Å². The predicted molar refractivity (Wildman–Crippen MR) is 124 cm³/mol. The van der Waals surface area contributed by atoms with Gasteiger partial charge in [-0.05, 0) is 36.2 Å². The largest absolute Gasteiger partial charge is 0.493 e. The molecule has 0 fully saturated rings. The van der Waals surface area contributed by atoms with Crippen LogP contribution in [0.4, 0.5) is 0 Å². The molecule has 1 aromatic heterocycles. The molecule has 0 amide bonds. The zero-order valence-corrected chi connectivity index (χ0v) is 19.5. The number of thioether (sulfide) groups is 2. The first-order chi connectivity index (χ1) is 13.9. The number of para-hydroxylation sites is 1. The van der Waals surface area contributed by atoms with Crippen LogP contribution in [0.1, 0.15) is 49.3 Å². The Morgan fingerprint density at radius 2 is 1.72 bits per heavy atom. The topological polar surface area (TPSA) is 44.5 Å². The molecule has 4 nitrogen and oxygen atoms in total. The molecule has 0 unspecified atom stereocenters. The van der Waals surface area contributed by atoms with E-state index in [0.717, 1.165) is 22.4 Å². The van der Waals surface area contributed by atoms with Crippen LogP contribution in [0.15, 0.2) is 40.8 Å². The standard InChI is InChI=1S/C23H29NO3S2/c1-14(2)28-23(29-15(3)4)17-10-11-18(20(12-17)25-6)26-13-21-24-22-16(5)8-7-9-19(22)27-21/h7-12,14-15,23H,13H2,1-6H3. The molecule has 3 aromatic rings. The van der Waals surface area contributed by atoms with Gasteiger partial charge >= 0.3 is 0 Å². The minimum Gasteiger partial charge on any atom is -0.493 e. The van der Waals surface area contributed by atoms with E-state index in [9.17, 15) is 0 Å². The molecule has 0 atom stereocenters. The maximum absolute atomic E-state index is 5.99. The lowest BCUT2D eigenvalue weighted by atomic mass is 10.2. The van der Waals surface area contributed by atoms with Crippen molar-refractivity contribution in [2.75, 3.05) is 7.11 Å². The van der Waals surface area contributed by atoms with Gasteiger partial charge < -0.3 is 13.9 Å². The number of aryl methyl sites for hydroxylation is 1. The lowest BCUT2D eigenvalue weighted by Gasteiger charge is -2.22. The highest BCUT2D eigenvalue weighted by Crippen LogP contribution is 2.45. The van der Waals surface area contributed by atoms with Crippen LogP contribution in [0.3, 0.4) is 0 Å². The van der Waals surface area contributed by atoms with Crippen molar-refractivity contribution in [3.63, 3.8) is 0 Å². The van der Waals surface area contributed by atoms with Crippen molar-refractivity contribution in [2.45, 2.75) is 56.3 Å². The Morgan fingerprint density at radius 3 is 2.34 bits per heavy atom. The van der Waals surface area contributed by atoms with Gasteiger partial charge in [0.05, 0.1) is 11.7 Å². The average molecular weight is 432 g/mol. The van der Waals surface area contributed by atoms with Crippen LogP contribution in [0.2, 0.25) is 0 Å². The number of methoxy groups -OCH3 is 1. The van der Waals surface area contributed by atoms with E-state index in [2.05, 4.69) is 44.8 Å². The molecule has 0 N–H and O–H groups in total. The number of benzene rings is 2. The van der Waals surface area contributed by atoms with E-state index in [0.29, 0.717) is 26.7 Å². The third-order valence-corrected chi connectivity index (χ3v) is 7.06. The first-order valence-corrected chi connectivity index (χ1v) is 11.7. The minimum atomic E-state index is 0.259. The van der Waals surface area contributed by atoms with E-state index in [4.69, 9.17) is 13.9 Å². The summed E-state index contributed by atoms with van der Waals surface area (Å²) >= 11 is 3.92. The third-order valence-electron chi connectivity index (χ3n) is 4.27. The fourth-order valence-corrected chi connectivity index (χ4v) is 6.15. The zero-order chi connectivity index (χ0) is 21.0. The number of rotatable bonds is 9. The summed E-state index contributed by atoms with van der Waals surface area (Å²) in [6.07, 6.45) is 0. The molecule has 0 aliphatic heterocycles. The summed E-state index contributed by atoms with van der Waals surface area (Å²) in [7, 11) is 1.68. The Labute approximate surface area is 181 Å². The molecule has 3 rings (SSSR count). The summed E-state index contributed by atoms with van der Waals surface area (Å²) < 4.78 is 17.8. The highest BCUT2D eigenvalue weighted by molar-refractivity contribution is 8.16. The Hall–Kier alpha value is -1.79. The Balaban J connectivity index is 1.77. The number of ether oxygens (including phenoxy) is 2. The monoisotopic (exact) mass is 431 g/mol. The molecule has 0 bridgehead atoms. The zero-order valence-electron chi connectivity index (χ0n) is 17.9. The molecule has 0 saturated heterocycles. The number of hydrogen-bond acceptors (Lipinski definition) is 6. The van der Waals surface area contributed by atoms with Gasteiger partial charge in [0.2, 0.25) is 5.89 Å². The van der Waals surface area contributed by atoms with E-state index < -0.39 is 0 Å². The molecule has 0 aliphatic carbocycles. The first kappa shape index (κ1) is 21.9. The summed E-state index contributed by atoms with van der Waals surface area (Å²) in [5.41, 5.74) is 4.00. The second kappa shape index (κ2) is 9.81. The van der Waals surface area contributed by atoms with Crippen LogP contribution < -0.4 is 9.47 Å². The maximum Gasteiger partial charge on any atom is 0.233 e. The second-order valence-corrected chi connectivity index (χ2v) is 11.1. The van der Waals surface area contributed by atoms with Gasteiger partial charge in [-0.15, -0.1) is 23.5 Å². The number of nitrogens with zero attached hydrogens (tertiary/aromatic N) is 1. The molecular weight excluding hydrogens is 402 g/mol. The first-order valence-electron chi connectivity index (χ1n) is 9.84. The second-order valence-electron chi connectivity index (χ2n) is 7.43. The van der Waals surface area contributed by atoms with Crippen LogP contribution in [0.5, 0.6) is 11.5 Å². The average Bonchev–Trinajstić information content (AvgIpc) is 3.09. The van der Waals surface area contributed by atoms with Gasteiger partial charge in [-0.1, -0.05) is 45.9 Å². The van der Waals surface area contributed by atoms with Crippen molar-refractivity contribution in [3.8, 4) is 11.5 Å². The van der Waals surface area contributed by atoms with Crippen molar-refractivity contribution in [1.29, 1.82) is 0 Å². The molecule has 0 radical (unpaired) electrons. The molecule has 156 valence electrons.